The number of hydrogen-bond acceptors (Lipinski definition) is 2. The van der Waals surface area contributed by atoms with Crippen LogP contribution in [0.5, 0.6) is 0 Å². The van der Waals surface area contributed by atoms with Gasteiger partial charge in [-0.1, -0.05) is 13.3 Å². The molecule has 12 heavy (non-hydrogen) atoms. The van der Waals surface area contributed by atoms with Crippen LogP contribution < -0.4 is 5.32 Å². The van der Waals surface area contributed by atoms with E-state index in [1.807, 2.05) is 0 Å². The molecule has 0 amide bonds. The predicted octanol–water partition coefficient (Wildman–Crippen LogP) is 1.53. The SMILES string of the molecule is CCCCNC1CN(C)C1.Cl.Cl. The van der Waals surface area contributed by atoms with Crippen LogP contribution in [0.25, 0.3) is 0 Å². The standard InChI is InChI=1S/C8H18N2.2ClH/c1-3-4-5-9-8-6-10(2)7-8;;/h8-9H,3-7H2,1-2H3;2*1H. The number of nitrogens with one attached hydrogen (secondary N) is 1. The van der Waals surface area contributed by atoms with Crippen LogP contribution in [0.2, 0.25) is 0 Å². The Morgan fingerprint density at radius 1 is 1.33 bits per heavy atom. The lowest BCUT2D eigenvalue weighted by molar-refractivity contribution is 0.162. The topological polar surface area (TPSA) is 15.3 Å². The quantitative estimate of drug-likeness (QED) is 0.715. The molecule has 0 atom stereocenters. The van der Waals surface area contributed by atoms with Gasteiger partial charge in [0.05, 0.1) is 0 Å². The molecule has 4 heteroatoms. The zero-order valence-corrected chi connectivity index (χ0v) is 9.51. The molecule has 0 unspecified atom stereocenters. The van der Waals surface area contributed by atoms with Crippen molar-refractivity contribution in [2.45, 2.75) is 25.8 Å². The fourth-order valence-electron chi connectivity index (χ4n) is 1.31. The van der Waals surface area contributed by atoms with Crippen LogP contribution in [0.15, 0.2) is 0 Å². The van der Waals surface area contributed by atoms with Crippen molar-refractivity contribution in [3.63, 3.8) is 0 Å². The lowest BCUT2D eigenvalue weighted by atomic mass is 10.1. The highest BCUT2D eigenvalue weighted by atomic mass is 35.5. The van der Waals surface area contributed by atoms with E-state index in [9.17, 15) is 0 Å². The third kappa shape index (κ3) is 5.20. The molecule has 1 aliphatic heterocycles. The molecule has 0 saturated carbocycles. The summed E-state index contributed by atoms with van der Waals surface area (Å²) in [6, 6.07) is 0.788. The Kier molecular flexibility index (Phi) is 10.1. The summed E-state index contributed by atoms with van der Waals surface area (Å²) < 4.78 is 0. The van der Waals surface area contributed by atoms with Gasteiger partial charge in [-0.05, 0) is 20.0 Å². The summed E-state index contributed by atoms with van der Waals surface area (Å²) in [5.74, 6) is 0. The van der Waals surface area contributed by atoms with Gasteiger partial charge in [-0.25, -0.2) is 0 Å². The largest absolute Gasteiger partial charge is 0.311 e. The van der Waals surface area contributed by atoms with Crippen molar-refractivity contribution >= 4 is 24.8 Å². The van der Waals surface area contributed by atoms with Crippen LogP contribution in [0.3, 0.4) is 0 Å². The molecule has 1 saturated heterocycles. The lowest BCUT2D eigenvalue weighted by Gasteiger charge is -2.36. The normalized spacial score (nSPS) is 17.5. The molecule has 2 nitrogen and oxygen atoms in total. The van der Waals surface area contributed by atoms with E-state index in [1.54, 1.807) is 0 Å². The first-order chi connectivity index (χ1) is 4.83. The van der Waals surface area contributed by atoms with Crippen molar-refractivity contribution in [2.24, 2.45) is 0 Å². The maximum absolute atomic E-state index is 3.51. The van der Waals surface area contributed by atoms with Crippen LogP contribution in [-0.2, 0) is 0 Å². The molecular formula is C8H20Cl2N2. The van der Waals surface area contributed by atoms with Gasteiger partial charge in [-0.2, -0.15) is 0 Å². The van der Waals surface area contributed by atoms with Crippen LogP contribution in [0, 0.1) is 0 Å². The predicted molar refractivity (Wildman–Crippen MR) is 58.7 cm³/mol. The van der Waals surface area contributed by atoms with Crippen molar-refractivity contribution in [1.29, 1.82) is 0 Å². The summed E-state index contributed by atoms with van der Waals surface area (Å²) in [7, 11) is 2.16. The molecule has 1 heterocycles. The van der Waals surface area contributed by atoms with Crippen molar-refractivity contribution in [3.8, 4) is 0 Å². The van der Waals surface area contributed by atoms with Crippen LogP contribution >= 0.6 is 24.8 Å². The summed E-state index contributed by atoms with van der Waals surface area (Å²) in [6.45, 7) is 5.91. The molecular weight excluding hydrogens is 195 g/mol. The second-order valence-corrected chi connectivity index (χ2v) is 3.23. The highest BCUT2D eigenvalue weighted by Crippen LogP contribution is 2.02. The first-order valence-electron chi connectivity index (χ1n) is 4.25. The second-order valence-electron chi connectivity index (χ2n) is 3.23. The zero-order chi connectivity index (χ0) is 7.40. The van der Waals surface area contributed by atoms with Gasteiger partial charge in [0.25, 0.3) is 0 Å². The van der Waals surface area contributed by atoms with Gasteiger partial charge in [-0.15, -0.1) is 24.8 Å². The maximum Gasteiger partial charge on any atom is 0.0322 e. The summed E-state index contributed by atoms with van der Waals surface area (Å²) in [6.07, 6.45) is 2.62. The van der Waals surface area contributed by atoms with Crippen molar-refractivity contribution in [2.75, 3.05) is 26.7 Å². The van der Waals surface area contributed by atoms with Gasteiger partial charge in [0.15, 0.2) is 0 Å². The molecule has 1 N–H and O–H groups in total. The number of halogens is 2. The number of likely N-dealkylation sites (tertiary alicyclic amines) is 1. The minimum atomic E-state index is 0. The van der Waals surface area contributed by atoms with E-state index in [0.717, 1.165) is 6.04 Å². The molecule has 1 fully saturated rings. The Labute approximate surface area is 87.9 Å². The lowest BCUT2D eigenvalue weighted by Crippen LogP contribution is -2.56. The molecule has 1 aliphatic rings. The average Bonchev–Trinajstić information content (AvgIpc) is 1.85. The Morgan fingerprint density at radius 3 is 2.33 bits per heavy atom. The highest BCUT2D eigenvalue weighted by Gasteiger charge is 2.21. The summed E-state index contributed by atoms with van der Waals surface area (Å²) in [4.78, 5) is 2.34. The van der Waals surface area contributed by atoms with Crippen molar-refractivity contribution in [1.82, 2.24) is 10.2 Å². The van der Waals surface area contributed by atoms with E-state index >= 15 is 0 Å². The molecule has 76 valence electrons. The van der Waals surface area contributed by atoms with Gasteiger partial charge in [0.2, 0.25) is 0 Å². The van der Waals surface area contributed by atoms with Crippen LogP contribution in [0.1, 0.15) is 19.8 Å². The Balaban J connectivity index is 0. The minimum Gasteiger partial charge on any atom is -0.311 e. The minimum absolute atomic E-state index is 0. The maximum atomic E-state index is 3.51. The van der Waals surface area contributed by atoms with E-state index in [2.05, 4.69) is 24.2 Å². The van der Waals surface area contributed by atoms with Crippen LogP contribution in [0.4, 0.5) is 0 Å². The number of rotatable bonds is 4. The number of hydrogen-bond donors (Lipinski definition) is 1. The molecule has 1 rings (SSSR count). The molecule has 0 aromatic heterocycles. The molecule has 0 radical (unpaired) electrons. The Morgan fingerprint density at radius 2 is 1.92 bits per heavy atom. The Hall–Kier alpha value is 0.500. The molecule has 0 bridgehead atoms. The number of likely N-dealkylation sites (N-methyl/N-ethyl adjacent to an activating group) is 1. The monoisotopic (exact) mass is 214 g/mol. The van der Waals surface area contributed by atoms with E-state index in [-0.39, 0.29) is 24.8 Å². The molecule has 0 aromatic rings. The number of unbranched alkanes of at least 4 members (excludes halogenated alkanes) is 1. The first kappa shape index (κ1) is 15.0. The summed E-state index contributed by atoms with van der Waals surface area (Å²) in [5.41, 5.74) is 0. The van der Waals surface area contributed by atoms with Crippen molar-refractivity contribution < 1.29 is 0 Å². The fraction of sp³-hybridized carbons (Fsp3) is 1.00. The first-order valence-corrected chi connectivity index (χ1v) is 4.25. The van der Waals surface area contributed by atoms with Crippen molar-refractivity contribution in [3.05, 3.63) is 0 Å². The third-order valence-electron chi connectivity index (χ3n) is 2.03. The Bertz CT molecular complexity index is 95.1. The molecule has 0 aliphatic carbocycles. The molecule has 0 spiro atoms. The average molecular weight is 215 g/mol. The van der Waals surface area contributed by atoms with E-state index in [4.69, 9.17) is 0 Å². The fourth-order valence-corrected chi connectivity index (χ4v) is 1.31. The van der Waals surface area contributed by atoms with E-state index in [0.29, 0.717) is 0 Å². The van der Waals surface area contributed by atoms with Gasteiger partial charge >= 0.3 is 0 Å². The third-order valence-corrected chi connectivity index (χ3v) is 2.03. The van der Waals surface area contributed by atoms with E-state index < -0.39 is 0 Å². The smallest absolute Gasteiger partial charge is 0.0322 e. The highest BCUT2D eigenvalue weighted by molar-refractivity contribution is 5.85. The van der Waals surface area contributed by atoms with Crippen LogP contribution in [-0.4, -0.2) is 37.6 Å². The van der Waals surface area contributed by atoms with Gasteiger partial charge in [0, 0.05) is 19.1 Å². The number of nitrogens with zero attached hydrogens (tertiary/aromatic N) is 1. The summed E-state index contributed by atoms with van der Waals surface area (Å²) >= 11 is 0. The summed E-state index contributed by atoms with van der Waals surface area (Å²) in [5, 5.41) is 3.51. The van der Waals surface area contributed by atoms with E-state index in [1.165, 1.54) is 32.5 Å². The zero-order valence-electron chi connectivity index (χ0n) is 7.88. The van der Waals surface area contributed by atoms with Gasteiger partial charge in [-0.3, -0.25) is 0 Å². The van der Waals surface area contributed by atoms with Gasteiger partial charge < -0.3 is 10.2 Å². The second kappa shape index (κ2) is 8.11. The van der Waals surface area contributed by atoms with Gasteiger partial charge in [0.1, 0.15) is 0 Å². The molecule has 0 aromatic carbocycles.